The van der Waals surface area contributed by atoms with Crippen LogP contribution in [0, 0.1) is 5.92 Å². The number of hydrogen-bond acceptors (Lipinski definition) is 2. The Morgan fingerprint density at radius 3 is 2.75 bits per heavy atom. The Balaban J connectivity index is 2.31. The quantitative estimate of drug-likeness (QED) is 0.858. The summed E-state index contributed by atoms with van der Waals surface area (Å²) in [6, 6.07) is 7.07. The van der Waals surface area contributed by atoms with E-state index in [0.717, 1.165) is 10.2 Å². The molecule has 1 unspecified atom stereocenters. The normalized spacial score (nSPS) is 20.9. The number of hydrogen-bond donors (Lipinski definition) is 1. The average Bonchev–Trinajstić information content (AvgIpc) is 2.25. The zero-order valence-corrected chi connectivity index (χ0v) is 10.3. The minimum Gasteiger partial charge on any atom is -0.292 e. The lowest BCUT2D eigenvalue weighted by Gasteiger charge is -2.30. The number of benzene rings is 1. The molecule has 5 heteroatoms. The van der Waals surface area contributed by atoms with E-state index in [0.29, 0.717) is 6.54 Å². The minimum atomic E-state index is -0.366. The van der Waals surface area contributed by atoms with E-state index >= 15 is 0 Å². The van der Waals surface area contributed by atoms with Crippen molar-refractivity contribution in [1.29, 1.82) is 0 Å². The molecule has 2 rings (SSSR count). The summed E-state index contributed by atoms with van der Waals surface area (Å²) >= 11 is 3.39. The molecule has 0 spiro atoms. The van der Waals surface area contributed by atoms with Crippen molar-refractivity contribution in [3.63, 3.8) is 0 Å². The second-order valence-corrected chi connectivity index (χ2v) is 4.61. The molecular formula is C11H11BrN2O2. The molecule has 1 saturated heterocycles. The van der Waals surface area contributed by atoms with Gasteiger partial charge in [0.25, 0.3) is 0 Å². The van der Waals surface area contributed by atoms with Gasteiger partial charge < -0.3 is 0 Å². The lowest BCUT2D eigenvalue weighted by molar-refractivity contribution is -0.123. The zero-order valence-electron chi connectivity index (χ0n) is 8.74. The molecule has 1 heterocycles. The van der Waals surface area contributed by atoms with Gasteiger partial charge in [0, 0.05) is 11.0 Å². The van der Waals surface area contributed by atoms with Crippen LogP contribution in [0.4, 0.5) is 10.5 Å². The molecule has 16 heavy (non-hydrogen) atoms. The molecule has 0 bridgehead atoms. The van der Waals surface area contributed by atoms with Gasteiger partial charge in [0.05, 0.1) is 11.6 Å². The van der Waals surface area contributed by atoms with Crippen molar-refractivity contribution in [2.24, 2.45) is 5.92 Å². The van der Waals surface area contributed by atoms with Crippen LogP contribution >= 0.6 is 15.9 Å². The highest BCUT2D eigenvalue weighted by Gasteiger charge is 2.30. The fraction of sp³-hybridized carbons (Fsp3) is 0.273. The molecule has 1 N–H and O–H groups in total. The number of amides is 3. The van der Waals surface area contributed by atoms with E-state index in [4.69, 9.17) is 0 Å². The predicted octanol–water partition coefficient (Wildman–Crippen LogP) is 2.14. The molecule has 1 aliphatic rings. The smallest absolute Gasteiger partial charge is 0.292 e. The highest BCUT2D eigenvalue weighted by molar-refractivity contribution is 9.10. The Kier molecular flexibility index (Phi) is 2.96. The molecule has 0 aromatic heterocycles. The maximum atomic E-state index is 11.7. The van der Waals surface area contributed by atoms with E-state index in [1.165, 1.54) is 0 Å². The van der Waals surface area contributed by atoms with E-state index in [1.807, 2.05) is 24.3 Å². The number of nitrogens with zero attached hydrogens (tertiary/aromatic N) is 1. The first-order chi connectivity index (χ1) is 7.59. The summed E-state index contributed by atoms with van der Waals surface area (Å²) < 4.78 is 0.840. The summed E-state index contributed by atoms with van der Waals surface area (Å²) in [6.45, 7) is 2.21. The summed E-state index contributed by atoms with van der Waals surface area (Å²) in [5.41, 5.74) is 0.777. The van der Waals surface area contributed by atoms with Gasteiger partial charge in [-0.25, -0.2) is 4.79 Å². The van der Waals surface area contributed by atoms with Crippen molar-refractivity contribution in [3.8, 4) is 0 Å². The maximum absolute atomic E-state index is 11.7. The first-order valence-corrected chi connectivity index (χ1v) is 5.76. The van der Waals surface area contributed by atoms with Gasteiger partial charge in [-0.2, -0.15) is 0 Å². The molecule has 1 aromatic carbocycles. The van der Waals surface area contributed by atoms with Crippen molar-refractivity contribution in [1.82, 2.24) is 5.32 Å². The lowest BCUT2D eigenvalue weighted by Crippen LogP contribution is -2.54. The Morgan fingerprint density at radius 1 is 1.38 bits per heavy atom. The maximum Gasteiger partial charge on any atom is 0.328 e. The number of imide groups is 1. The van der Waals surface area contributed by atoms with Gasteiger partial charge >= 0.3 is 6.03 Å². The van der Waals surface area contributed by atoms with Crippen LogP contribution < -0.4 is 10.2 Å². The molecule has 0 radical (unpaired) electrons. The second kappa shape index (κ2) is 4.25. The standard InChI is InChI=1S/C11H11BrN2O2/c1-7-6-14(11(16)13-10(7)15)9-5-3-2-4-8(9)12/h2-5,7H,6H2,1H3,(H,13,15,16). The van der Waals surface area contributed by atoms with Gasteiger partial charge in [0.15, 0.2) is 0 Å². The number of para-hydroxylation sites is 1. The minimum absolute atomic E-state index is 0.190. The van der Waals surface area contributed by atoms with Crippen LogP contribution in [-0.4, -0.2) is 18.5 Å². The molecule has 1 fully saturated rings. The summed E-state index contributed by atoms with van der Waals surface area (Å²) in [6.07, 6.45) is 0. The summed E-state index contributed by atoms with van der Waals surface area (Å²) in [4.78, 5) is 24.5. The number of halogens is 1. The van der Waals surface area contributed by atoms with Crippen LogP contribution in [-0.2, 0) is 4.79 Å². The number of rotatable bonds is 1. The monoisotopic (exact) mass is 282 g/mol. The molecule has 4 nitrogen and oxygen atoms in total. The third kappa shape index (κ3) is 1.95. The van der Waals surface area contributed by atoms with Gasteiger partial charge in [0.1, 0.15) is 0 Å². The van der Waals surface area contributed by atoms with E-state index in [1.54, 1.807) is 11.8 Å². The first kappa shape index (κ1) is 11.1. The highest BCUT2D eigenvalue weighted by Crippen LogP contribution is 2.27. The predicted molar refractivity (Wildman–Crippen MR) is 64.2 cm³/mol. The number of nitrogens with one attached hydrogen (secondary N) is 1. The number of carbonyl (C=O) groups is 2. The largest absolute Gasteiger partial charge is 0.328 e. The molecule has 3 amide bonds. The van der Waals surface area contributed by atoms with E-state index in [2.05, 4.69) is 21.2 Å². The van der Waals surface area contributed by atoms with Gasteiger partial charge in [-0.1, -0.05) is 19.1 Å². The Bertz CT molecular complexity index is 447. The van der Waals surface area contributed by atoms with E-state index in [9.17, 15) is 9.59 Å². The van der Waals surface area contributed by atoms with Crippen LogP contribution in [0.2, 0.25) is 0 Å². The topological polar surface area (TPSA) is 49.4 Å². The van der Waals surface area contributed by atoms with Crippen molar-refractivity contribution >= 4 is 33.6 Å². The molecule has 1 atom stereocenters. The number of anilines is 1. The highest BCUT2D eigenvalue weighted by atomic mass is 79.9. The molecule has 0 aliphatic carbocycles. The number of carbonyl (C=O) groups excluding carboxylic acids is 2. The SMILES string of the molecule is CC1CN(c2ccccc2Br)C(=O)NC1=O. The molecule has 1 aromatic rings. The average molecular weight is 283 g/mol. The fourth-order valence-electron chi connectivity index (χ4n) is 1.61. The molecule has 1 aliphatic heterocycles. The molecule has 84 valence electrons. The second-order valence-electron chi connectivity index (χ2n) is 3.76. The van der Waals surface area contributed by atoms with Crippen LogP contribution in [0.3, 0.4) is 0 Å². The fourth-order valence-corrected chi connectivity index (χ4v) is 2.11. The van der Waals surface area contributed by atoms with Crippen molar-refractivity contribution in [3.05, 3.63) is 28.7 Å². The first-order valence-electron chi connectivity index (χ1n) is 4.96. The van der Waals surface area contributed by atoms with Crippen molar-refractivity contribution < 1.29 is 9.59 Å². The Morgan fingerprint density at radius 2 is 2.06 bits per heavy atom. The summed E-state index contributed by atoms with van der Waals surface area (Å²) in [5, 5.41) is 2.33. The third-order valence-electron chi connectivity index (χ3n) is 2.52. The third-order valence-corrected chi connectivity index (χ3v) is 3.19. The molecular weight excluding hydrogens is 272 g/mol. The van der Waals surface area contributed by atoms with E-state index in [-0.39, 0.29) is 17.9 Å². The lowest BCUT2D eigenvalue weighted by atomic mass is 10.1. The van der Waals surface area contributed by atoms with Crippen LogP contribution in [0.15, 0.2) is 28.7 Å². The van der Waals surface area contributed by atoms with Crippen molar-refractivity contribution in [2.45, 2.75) is 6.92 Å². The van der Waals surface area contributed by atoms with E-state index < -0.39 is 0 Å². The van der Waals surface area contributed by atoms with Crippen LogP contribution in [0.1, 0.15) is 6.92 Å². The zero-order chi connectivity index (χ0) is 11.7. The summed E-state index contributed by atoms with van der Waals surface area (Å²) in [7, 11) is 0. The van der Waals surface area contributed by atoms with Gasteiger partial charge in [-0.05, 0) is 28.1 Å². The Labute approximate surface area is 102 Å². The molecule has 0 saturated carbocycles. The van der Waals surface area contributed by atoms with Crippen LogP contribution in [0.25, 0.3) is 0 Å². The van der Waals surface area contributed by atoms with Gasteiger partial charge in [0.2, 0.25) is 5.91 Å². The van der Waals surface area contributed by atoms with Crippen LogP contribution in [0.5, 0.6) is 0 Å². The van der Waals surface area contributed by atoms with Gasteiger partial charge in [-0.15, -0.1) is 0 Å². The number of urea groups is 1. The summed E-state index contributed by atoms with van der Waals surface area (Å²) in [5.74, 6) is -0.405. The van der Waals surface area contributed by atoms with Crippen molar-refractivity contribution in [2.75, 3.05) is 11.4 Å². The van der Waals surface area contributed by atoms with Gasteiger partial charge in [-0.3, -0.25) is 15.0 Å². The Hall–Kier alpha value is -1.36.